The van der Waals surface area contributed by atoms with E-state index in [0.717, 1.165) is 18.8 Å². The number of hydrogen-bond acceptors (Lipinski definition) is 1. The molecule has 1 atom stereocenters. The highest BCUT2D eigenvalue weighted by atomic mass is 16.1. The summed E-state index contributed by atoms with van der Waals surface area (Å²) in [7, 11) is 0. The summed E-state index contributed by atoms with van der Waals surface area (Å²) >= 11 is 0. The zero-order valence-electron chi connectivity index (χ0n) is 10.2. The third kappa shape index (κ3) is 2.83. The van der Waals surface area contributed by atoms with E-state index in [-0.39, 0.29) is 5.41 Å². The van der Waals surface area contributed by atoms with Crippen LogP contribution in [0.15, 0.2) is 0 Å². The molecule has 0 radical (unpaired) electrons. The second-order valence-electron chi connectivity index (χ2n) is 6.24. The predicted molar refractivity (Wildman–Crippen MR) is 62.7 cm³/mol. The molecule has 0 bridgehead atoms. The van der Waals surface area contributed by atoms with Crippen molar-refractivity contribution in [3.63, 3.8) is 0 Å². The molecule has 15 heavy (non-hydrogen) atoms. The molecule has 2 aliphatic rings. The molecule has 0 amide bonds. The van der Waals surface area contributed by atoms with E-state index in [4.69, 9.17) is 0 Å². The van der Waals surface area contributed by atoms with E-state index in [2.05, 4.69) is 13.8 Å². The van der Waals surface area contributed by atoms with Crippen LogP contribution in [-0.4, -0.2) is 5.78 Å². The third-order valence-electron chi connectivity index (χ3n) is 4.39. The lowest BCUT2D eigenvalue weighted by molar-refractivity contribution is -0.128. The summed E-state index contributed by atoms with van der Waals surface area (Å²) in [6.07, 6.45) is 9.76. The van der Waals surface area contributed by atoms with Gasteiger partial charge in [0.2, 0.25) is 0 Å². The summed E-state index contributed by atoms with van der Waals surface area (Å²) < 4.78 is 0. The summed E-state index contributed by atoms with van der Waals surface area (Å²) in [6, 6.07) is 0. The van der Waals surface area contributed by atoms with Crippen LogP contribution in [0.2, 0.25) is 0 Å². The van der Waals surface area contributed by atoms with E-state index < -0.39 is 0 Å². The molecule has 1 heteroatoms. The van der Waals surface area contributed by atoms with Gasteiger partial charge in [-0.1, -0.05) is 39.5 Å². The van der Waals surface area contributed by atoms with Gasteiger partial charge >= 0.3 is 0 Å². The van der Waals surface area contributed by atoms with Crippen LogP contribution in [-0.2, 0) is 4.79 Å². The zero-order chi connectivity index (χ0) is 10.9. The number of carbonyl (C=O) groups excluding carboxylic acids is 1. The summed E-state index contributed by atoms with van der Waals surface area (Å²) in [6.45, 7) is 4.57. The van der Waals surface area contributed by atoms with Gasteiger partial charge in [0, 0.05) is 12.3 Å². The van der Waals surface area contributed by atoms with Gasteiger partial charge in [-0.15, -0.1) is 0 Å². The highest BCUT2D eigenvalue weighted by Gasteiger charge is 2.37. The Kier molecular flexibility index (Phi) is 3.18. The molecule has 1 unspecified atom stereocenters. The maximum absolute atomic E-state index is 12.1. The Bertz CT molecular complexity index is 238. The molecule has 0 aromatic heterocycles. The second-order valence-corrected chi connectivity index (χ2v) is 6.24. The standard InChI is InChI=1S/C14H24O/c1-14(2)10-4-3-5-12(14)13(15)9-8-11-6-7-11/h11-12H,3-10H2,1-2H3. The van der Waals surface area contributed by atoms with Crippen LogP contribution in [0, 0.1) is 17.3 Å². The molecule has 0 aliphatic heterocycles. The van der Waals surface area contributed by atoms with Gasteiger partial charge in [-0.3, -0.25) is 4.79 Å². The van der Waals surface area contributed by atoms with Crippen molar-refractivity contribution >= 4 is 5.78 Å². The van der Waals surface area contributed by atoms with E-state index >= 15 is 0 Å². The van der Waals surface area contributed by atoms with Crippen LogP contribution in [0.3, 0.4) is 0 Å². The molecule has 0 heterocycles. The normalized spacial score (nSPS) is 30.1. The summed E-state index contributed by atoms with van der Waals surface area (Å²) in [5.41, 5.74) is 0.277. The Hall–Kier alpha value is -0.330. The Morgan fingerprint density at radius 1 is 1.20 bits per heavy atom. The average Bonchev–Trinajstić information content (AvgIpc) is 2.97. The second kappa shape index (κ2) is 4.27. The van der Waals surface area contributed by atoms with Crippen molar-refractivity contribution in [3.8, 4) is 0 Å². The molecule has 2 fully saturated rings. The summed E-state index contributed by atoms with van der Waals surface area (Å²) in [5, 5.41) is 0. The fraction of sp³-hybridized carbons (Fsp3) is 0.929. The topological polar surface area (TPSA) is 17.1 Å². The molecular formula is C14H24O. The maximum atomic E-state index is 12.1. The van der Waals surface area contributed by atoms with Gasteiger partial charge in [0.25, 0.3) is 0 Å². The molecule has 0 N–H and O–H groups in total. The van der Waals surface area contributed by atoms with E-state index in [0.29, 0.717) is 11.7 Å². The first kappa shape index (κ1) is 11.2. The van der Waals surface area contributed by atoms with Crippen LogP contribution in [0.1, 0.15) is 65.2 Å². The number of Topliss-reactive ketones (excluding diaryl/α,β-unsaturated/α-hetero) is 1. The molecule has 86 valence electrons. The van der Waals surface area contributed by atoms with Gasteiger partial charge in [0.15, 0.2) is 0 Å². The Labute approximate surface area is 93.6 Å². The minimum absolute atomic E-state index is 0.277. The first-order chi connectivity index (χ1) is 7.09. The van der Waals surface area contributed by atoms with Gasteiger partial charge in [0.1, 0.15) is 5.78 Å². The van der Waals surface area contributed by atoms with Gasteiger partial charge in [-0.2, -0.15) is 0 Å². The van der Waals surface area contributed by atoms with Crippen molar-refractivity contribution in [1.82, 2.24) is 0 Å². The van der Waals surface area contributed by atoms with Crippen molar-refractivity contribution in [1.29, 1.82) is 0 Å². The quantitative estimate of drug-likeness (QED) is 0.683. The molecule has 0 aromatic carbocycles. The fourth-order valence-corrected chi connectivity index (χ4v) is 3.02. The zero-order valence-corrected chi connectivity index (χ0v) is 10.2. The van der Waals surface area contributed by atoms with Crippen LogP contribution in [0.25, 0.3) is 0 Å². The van der Waals surface area contributed by atoms with Gasteiger partial charge in [0.05, 0.1) is 0 Å². The number of rotatable bonds is 4. The summed E-state index contributed by atoms with van der Waals surface area (Å²) in [4.78, 5) is 12.1. The lowest BCUT2D eigenvalue weighted by atomic mass is 9.66. The van der Waals surface area contributed by atoms with Crippen molar-refractivity contribution in [2.24, 2.45) is 17.3 Å². The minimum atomic E-state index is 0.277. The van der Waals surface area contributed by atoms with Crippen LogP contribution >= 0.6 is 0 Å². The molecule has 2 aliphatic carbocycles. The van der Waals surface area contributed by atoms with E-state index in [1.807, 2.05) is 0 Å². The monoisotopic (exact) mass is 208 g/mol. The van der Waals surface area contributed by atoms with E-state index in [1.54, 1.807) is 0 Å². The number of carbonyl (C=O) groups is 1. The van der Waals surface area contributed by atoms with Crippen LogP contribution in [0.5, 0.6) is 0 Å². The van der Waals surface area contributed by atoms with Crippen molar-refractivity contribution in [2.75, 3.05) is 0 Å². The highest BCUT2D eigenvalue weighted by molar-refractivity contribution is 5.81. The molecule has 2 saturated carbocycles. The predicted octanol–water partition coefficient (Wildman–Crippen LogP) is 3.96. The third-order valence-corrected chi connectivity index (χ3v) is 4.39. The summed E-state index contributed by atoms with van der Waals surface area (Å²) in [5.74, 6) is 1.83. The first-order valence-electron chi connectivity index (χ1n) is 6.62. The molecular weight excluding hydrogens is 184 g/mol. The van der Waals surface area contributed by atoms with Crippen molar-refractivity contribution in [2.45, 2.75) is 65.2 Å². The molecule has 0 saturated heterocycles. The van der Waals surface area contributed by atoms with Crippen LogP contribution < -0.4 is 0 Å². The number of hydrogen-bond donors (Lipinski definition) is 0. The minimum Gasteiger partial charge on any atom is -0.299 e. The van der Waals surface area contributed by atoms with Crippen molar-refractivity contribution in [3.05, 3.63) is 0 Å². The number of ketones is 1. The smallest absolute Gasteiger partial charge is 0.136 e. The van der Waals surface area contributed by atoms with E-state index in [1.165, 1.54) is 38.5 Å². The van der Waals surface area contributed by atoms with Crippen LogP contribution in [0.4, 0.5) is 0 Å². The molecule has 0 aromatic rings. The van der Waals surface area contributed by atoms with Gasteiger partial charge in [-0.05, 0) is 30.6 Å². The molecule has 1 nitrogen and oxygen atoms in total. The van der Waals surface area contributed by atoms with E-state index in [9.17, 15) is 4.79 Å². The lowest BCUT2D eigenvalue weighted by Crippen LogP contribution is -2.34. The fourth-order valence-electron chi connectivity index (χ4n) is 3.02. The maximum Gasteiger partial charge on any atom is 0.136 e. The van der Waals surface area contributed by atoms with Gasteiger partial charge in [-0.25, -0.2) is 0 Å². The Morgan fingerprint density at radius 3 is 2.53 bits per heavy atom. The average molecular weight is 208 g/mol. The SMILES string of the molecule is CC1(C)CCCCC1C(=O)CCC1CC1. The first-order valence-corrected chi connectivity index (χ1v) is 6.62. The Morgan fingerprint density at radius 2 is 1.93 bits per heavy atom. The highest BCUT2D eigenvalue weighted by Crippen LogP contribution is 2.42. The Balaban J connectivity index is 1.85. The molecule has 2 rings (SSSR count). The lowest BCUT2D eigenvalue weighted by Gasteiger charge is -2.37. The molecule has 0 spiro atoms. The largest absolute Gasteiger partial charge is 0.299 e. The van der Waals surface area contributed by atoms with Gasteiger partial charge < -0.3 is 0 Å². The van der Waals surface area contributed by atoms with Crippen molar-refractivity contribution < 1.29 is 4.79 Å².